The summed E-state index contributed by atoms with van der Waals surface area (Å²) in [5.41, 5.74) is 0. The van der Waals surface area contributed by atoms with Gasteiger partial charge in [0.15, 0.2) is 0 Å². The molecule has 1 saturated carbocycles. The average Bonchev–Trinajstić information content (AvgIpc) is 2.98. The SMILES string of the molecule is CCOC(=O)CNCC(=O)NCC1CC1. The van der Waals surface area contributed by atoms with Gasteiger partial charge in [-0.25, -0.2) is 0 Å². The Balaban J connectivity index is 1.93. The zero-order chi connectivity index (χ0) is 11.1. The molecule has 1 amide bonds. The minimum Gasteiger partial charge on any atom is -0.465 e. The molecule has 0 aliphatic heterocycles. The van der Waals surface area contributed by atoms with Crippen LogP contribution >= 0.6 is 0 Å². The standard InChI is InChI=1S/C10H18N2O3/c1-2-15-10(14)7-11-6-9(13)12-5-8-3-4-8/h8,11H,2-7H2,1H3,(H,12,13). The van der Waals surface area contributed by atoms with Crippen molar-refractivity contribution in [2.45, 2.75) is 19.8 Å². The van der Waals surface area contributed by atoms with Gasteiger partial charge in [-0.05, 0) is 25.7 Å². The molecule has 5 nitrogen and oxygen atoms in total. The van der Waals surface area contributed by atoms with E-state index in [-0.39, 0.29) is 25.0 Å². The molecule has 0 radical (unpaired) electrons. The van der Waals surface area contributed by atoms with Crippen LogP contribution in [0.25, 0.3) is 0 Å². The third-order valence-electron chi connectivity index (χ3n) is 2.15. The molecule has 0 heterocycles. The zero-order valence-electron chi connectivity index (χ0n) is 9.04. The van der Waals surface area contributed by atoms with Crippen molar-refractivity contribution in [3.05, 3.63) is 0 Å². The Labute approximate surface area is 89.6 Å². The molecule has 1 rings (SSSR count). The Morgan fingerprint density at radius 1 is 1.33 bits per heavy atom. The minimum atomic E-state index is -0.326. The summed E-state index contributed by atoms with van der Waals surface area (Å²) in [5, 5.41) is 5.52. The summed E-state index contributed by atoms with van der Waals surface area (Å²) in [6.45, 7) is 3.14. The summed E-state index contributed by atoms with van der Waals surface area (Å²) in [6.07, 6.45) is 2.44. The fourth-order valence-electron chi connectivity index (χ4n) is 1.13. The lowest BCUT2D eigenvalue weighted by molar-refractivity contribution is -0.142. The number of hydrogen-bond acceptors (Lipinski definition) is 4. The Hall–Kier alpha value is -1.10. The van der Waals surface area contributed by atoms with Gasteiger partial charge in [-0.3, -0.25) is 14.9 Å². The van der Waals surface area contributed by atoms with Crippen molar-refractivity contribution in [3.63, 3.8) is 0 Å². The first-order valence-electron chi connectivity index (χ1n) is 5.35. The molecular formula is C10H18N2O3. The molecule has 1 aliphatic rings. The molecular weight excluding hydrogens is 196 g/mol. The minimum absolute atomic E-state index is 0.0637. The van der Waals surface area contributed by atoms with E-state index in [2.05, 4.69) is 10.6 Å². The molecule has 0 atom stereocenters. The van der Waals surface area contributed by atoms with Crippen molar-refractivity contribution in [1.82, 2.24) is 10.6 Å². The van der Waals surface area contributed by atoms with Crippen LogP contribution in [0.4, 0.5) is 0 Å². The Bertz CT molecular complexity index is 227. The molecule has 2 N–H and O–H groups in total. The predicted octanol–water partition coefficient (Wildman–Crippen LogP) is -0.335. The monoisotopic (exact) mass is 214 g/mol. The summed E-state index contributed by atoms with van der Waals surface area (Å²) in [7, 11) is 0. The van der Waals surface area contributed by atoms with Crippen LogP contribution in [0.5, 0.6) is 0 Å². The van der Waals surface area contributed by atoms with Crippen LogP contribution in [0, 0.1) is 5.92 Å². The summed E-state index contributed by atoms with van der Waals surface area (Å²) in [5.74, 6) is 0.290. The zero-order valence-corrected chi connectivity index (χ0v) is 9.04. The molecule has 0 aromatic heterocycles. The lowest BCUT2D eigenvalue weighted by Crippen LogP contribution is -2.37. The molecule has 0 aromatic rings. The van der Waals surface area contributed by atoms with Crippen LogP contribution in [0.15, 0.2) is 0 Å². The van der Waals surface area contributed by atoms with E-state index in [1.54, 1.807) is 6.92 Å². The number of esters is 1. The first-order chi connectivity index (χ1) is 7.22. The molecule has 5 heteroatoms. The van der Waals surface area contributed by atoms with Gasteiger partial charge in [-0.2, -0.15) is 0 Å². The van der Waals surface area contributed by atoms with Gasteiger partial charge in [0.1, 0.15) is 0 Å². The largest absolute Gasteiger partial charge is 0.465 e. The van der Waals surface area contributed by atoms with E-state index in [0.717, 1.165) is 6.54 Å². The van der Waals surface area contributed by atoms with Crippen molar-refractivity contribution >= 4 is 11.9 Å². The normalized spacial score (nSPS) is 14.7. The third-order valence-corrected chi connectivity index (χ3v) is 2.15. The summed E-state index contributed by atoms with van der Waals surface area (Å²) >= 11 is 0. The predicted molar refractivity (Wildman–Crippen MR) is 55.2 cm³/mol. The van der Waals surface area contributed by atoms with Crippen LogP contribution < -0.4 is 10.6 Å². The Kier molecular flexibility index (Phi) is 5.10. The van der Waals surface area contributed by atoms with Gasteiger partial charge in [0.2, 0.25) is 5.91 Å². The fraction of sp³-hybridized carbons (Fsp3) is 0.800. The van der Waals surface area contributed by atoms with Gasteiger partial charge < -0.3 is 10.1 Å². The molecule has 0 bridgehead atoms. The summed E-state index contributed by atoms with van der Waals surface area (Å²) < 4.78 is 4.70. The van der Waals surface area contributed by atoms with Crippen molar-refractivity contribution in [2.75, 3.05) is 26.2 Å². The number of amides is 1. The van der Waals surface area contributed by atoms with E-state index >= 15 is 0 Å². The van der Waals surface area contributed by atoms with E-state index in [9.17, 15) is 9.59 Å². The maximum atomic E-state index is 11.2. The fourth-order valence-corrected chi connectivity index (χ4v) is 1.13. The smallest absolute Gasteiger partial charge is 0.319 e. The number of nitrogens with one attached hydrogen (secondary N) is 2. The van der Waals surface area contributed by atoms with Gasteiger partial charge in [0.05, 0.1) is 19.7 Å². The first-order valence-corrected chi connectivity index (χ1v) is 5.35. The van der Waals surface area contributed by atoms with Gasteiger partial charge in [-0.15, -0.1) is 0 Å². The van der Waals surface area contributed by atoms with Gasteiger partial charge >= 0.3 is 5.97 Å². The van der Waals surface area contributed by atoms with Crippen LogP contribution in [0.3, 0.4) is 0 Å². The highest BCUT2D eigenvalue weighted by molar-refractivity contribution is 5.79. The molecule has 86 valence electrons. The third kappa shape index (κ3) is 6.06. The molecule has 0 aromatic carbocycles. The van der Waals surface area contributed by atoms with Crippen molar-refractivity contribution < 1.29 is 14.3 Å². The van der Waals surface area contributed by atoms with Crippen LogP contribution in [-0.2, 0) is 14.3 Å². The maximum Gasteiger partial charge on any atom is 0.319 e. The number of hydrogen-bond donors (Lipinski definition) is 2. The number of ether oxygens (including phenoxy) is 1. The van der Waals surface area contributed by atoms with Crippen molar-refractivity contribution in [3.8, 4) is 0 Å². The second kappa shape index (κ2) is 6.40. The Morgan fingerprint density at radius 2 is 2.07 bits per heavy atom. The molecule has 0 spiro atoms. The van der Waals surface area contributed by atoms with Crippen LogP contribution in [0.2, 0.25) is 0 Å². The van der Waals surface area contributed by atoms with E-state index in [1.165, 1.54) is 12.8 Å². The lowest BCUT2D eigenvalue weighted by atomic mass is 10.4. The topological polar surface area (TPSA) is 67.4 Å². The maximum absolute atomic E-state index is 11.2. The molecule has 0 saturated heterocycles. The van der Waals surface area contributed by atoms with Gasteiger partial charge in [-0.1, -0.05) is 0 Å². The quantitative estimate of drug-likeness (QED) is 0.569. The molecule has 1 fully saturated rings. The van der Waals surface area contributed by atoms with E-state index < -0.39 is 0 Å². The first kappa shape index (κ1) is 12.0. The number of rotatable bonds is 7. The lowest BCUT2D eigenvalue weighted by Gasteiger charge is -2.05. The number of carbonyl (C=O) groups excluding carboxylic acids is 2. The molecule has 1 aliphatic carbocycles. The summed E-state index contributed by atoms with van der Waals surface area (Å²) in [4.78, 5) is 22.1. The van der Waals surface area contributed by atoms with Gasteiger partial charge in [0, 0.05) is 6.54 Å². The van der Waals surface area contributed by atoms with Crippen molar-refractivity contribution in [1.29, 1.82) is 0 Å². The average molecular weight is 214 g/mol. The van der Waals surface area contributed by atoms with Crippen molar-refractivity contribution in [2.24, 2.45) is 5.92 Å². The molecule has 0 unspecified atom stereocenters. The Morgan fingerprint density at radius 3 is 2.67 bits per heavy atom. The van der Waals surface area contributed by atoms with E-state index in [0.29, 0.717) is 12.5 Å². The van der Waals surface area contributed by atoms with Gasteiger partial charge in [0.25, 0.3) is 0 Å². The van der Waals surface area contributed by atoms with Crippen LogP contribution in [0.1, 0.15) is 19.8 Å². The second-order valence-electron chi connectivity index (χ2n) is 3.66. The summed E-state index contributed by atoms with van der Waals surface area (Å²) in [6, 6.07) is 0. The highest BCUT2D eigenvalue weighted by Gasteiger charge is 2.21. The second-order valence-corrected chi connectivity index (χ2v) is 3.66. The van der Waals surface area contributed by atoms with Crippen LogP contribution in [-0.4, -0.2) is 38.1 Å². The highest BCUT2D eigenvalue weighted by atomic mass is 16.5. The highest BCUT2D eigenvalue weighted by Crippen LogP contribution is 2.27. The molecule has 15 heavy (non-hydrogen) atoms. The number of carbonyl (C=O) groups is 2. The van der Waals surface area contributed by atoms with E-state index in [4.69, 9.17) is 4.74 Å². The van der Waals surface area contributed by atoms with E-state index in [1.807, 2.05) is 0 Å².